The van der Waals surface area contributed by atoms with Crippen molar-refractivity contribution in [3.05, 3.63) is 71.2 Å². The first-order valence-electron chi connectivity index (χ1n) is 11.5. The predicted octanol–water partition coefficient (Wildman–Crippen LogP) is 6.37. The van der Waals surface area contributed by atoms with E-state index in [0.29, 0.717) is 29.4 Å². The Bertz CT molecular complexity index is 1140. The Hall–Kier alpha value is -3.15. The van der Waals surface area contributed by atoms with E-state index in [0.717, 1.165) is 30.3 Å². The zero-order valence-corrected chi connectivity index (χ0v) is 18.7. The number of unbranched alkanes of at least 4 members (excludes halogenated alkanes) is 5. The molecule has 0 fully saturated rings. The predicted molar refractivity (Wildman–Crippen MR) is 125 cm³/mol. The molecule has 0 aliphatic carbocycles. The average Bonchev–Trinajstić information content (AvgIpc) is 3.15. The molecule has 1 aliphatic heterocycles. The van der Waals surface area contributed by atoms with E-state index in [2.05, 4.69) is 17.2 Å². The van der Waals surface area contributed by atoms with E-state index in [1.807, 2.05) is 35.8 Å². The summed E-state index contributed by atoms with van der Waals surface area (Å²) in [6.07, 6.45) is 6.68. The summed E-state index contributed by atoms with van der Waals surface area (Å²) in [5.74, 6) is -0.193. The number of nitrogens with one attached hydrogen (secondary N) is 1. The quantitative estimate of drug-likeness (QED) is 0.313. The van der Waals surface area contributed by atoms with Crippen LogP contribution in [0.15, 0.2) is 59.8 Å². The second-order valence-corrected chi connectivity index (χ2v) is 8.29. The van der Waals surface area contributed by atoms with Crippen LogP contribution in [0.2, 0.25) is 0 Å². The number of hydrogen-bond acceptors (Lipinski definition) is 4. The van der Waals surface area contributed by atoms with E-state index >= 15 is 0 Å². The Morgan fingerprint density at radius 2 is 1.78 bits per heavy atom. The zero-order valence-electron chi connectivity index (χ0n) is 18.7. The first kappa shape index (κ1) is 22.1. The summed E-state index contributed by atoms with van der Waals surface area (Å²) < 4.78 is 22.5. The van der Waals surface area contributed by atoms with Crippen molar-refractivity contribution < 1.29 is 13.9 Å². The summed E-state index contributed by atoms with van der Waals surface area (Å²) in [4.78, 5) is 17.9. The monoisotopic (exact) mass is 435 g/mol. The molecule has 168 valence electrons. The van der Waals surface area contributed by atoms with Crippen molar-refractivity contribution in [2.45, 2.75) is 58.4 Å². The van der Waals surface area contributed by atoms with E-state index in [1.165, 1.54) is 25.3 Å². The molecule has 1 aromatic heterocycles. The van der Waals surface area contributed by atoms with Crippen LogP contribution in [0.1, 0.15) is 64.0 Å². The number of fused-ring (bicyclic) bond motifs is 3. The molecular weight excluding hydrogens is 405 g/mol. The van der Waals surface area contributed by atoms with Gasteiger partial charge in [-0.25, -0.2) is 14.2 Å². The lowest BCUT2D eigenvalue weighted by atomic mass is 9.94. The normalized spacial score (nSPS) is 15.5. The number of anilines is 1. The molecule has 6 heteroatoms. The Labute approximate surface area is 188 Å². The van der Waals surface area contributed by atoms with Crippen LogP contribution < -0.4 is 5.32 Å². The average molecular weight is 436 g/mol. The smallest absolute Gasteiger partial charge is 0.338 e. The van der Waals surface area contributed by atoms with Crippen molar-refractivity contribution >= 4 is 23.0 Å². The van der Waals surface area contributed by atoms with Gasteiger partial charge in [0.2, 0.25) is 5.95 Å². The molecule has 5 nitrogen and oxygen atoms in total. The molecule has 0 radical (unpaired) electrons. The fourth-order valence-corrected chi connectivity index (χ4v) is 4.34. The number of rotatable bonds is 9. The maximum atomic E-state index is 15.0. The van der Waals surface area contributed by atoms with Crippen LogP contribution in [0.25, 0.3) is 11.0 Å². The highest BCUT2D eigenvalue weighted by atomic mass is 19.1. The summed E-state index contributed by atoms with van der Waals surface area (Å²) in [5.41, 5.74) is 3.08. The lowest BCUT2D eigenvalue weighted by Crippen LogP contribution is -2.29. The molecule has 0 saturated heterocycles. The van der Waals surface area contributed by atoms with Crippen molar-refractivity contribution in [2.75, 3.05) is 11.9 Å². The number of carbonyl (C=O) groups is 1. The van der Waals surface area contributed by atoms with Crippen LogP contribution in [0.5, 0.6) is 0 Å². The van der Waals surface area contributed by atoms with Gasteiger partial charge in [-0.2, -0.15) is 0 Å². The number of para-hydroxylation sites is 2. The maximum Gasteiger partial charge on any atom is 0.338 e. The lowest BCUT2D eigenvalue weighted by molar-refractivity contribution is -0.139. The minimum Gasteiger partial charge on any atom is -0.462 e. The minimum atomic E-state index is -0.656. The fraction of sp³-hybridized carbons (Fsp3) is 0.385. The fourth-order valence-electron chi connectivity index (χ4n) is 4.34. The largest absolute Gasteiger partial charge is 0.462 e. The van der Waals surface area contributed by atoms with Gasteiger partial charge in [0, 0.05) is 11.3 Å². The molecule has 0 saturated carbocycles. The summed E-state index contributed by atoms with van der Waals surface area (Å²) in [5, 5.41) is 3.23. The third-order valence-electron chi connectivity index (χ3n) is 5.98. The first-order chi connectivity index (χ1) is 15.6. The van der Waals surface area contributed by atoms with Crippen molar-refractivity contribution in [3.63, 3.8) is 0 Å². The van der Waals surface area contributed by atoms with Gasteiger partial charge in [-0.1, -0.05) is 69.4 Å². The first-order valence-corrected chi connectivity index (χ1v) is 11.5. The van der Waals surface area contributed by atoms with Crippen LogP contribution in [0, 0.1) is 5.82 Å². The third kappa shape index (κ3) is 4.40. The van der Waals surface area contributed by atoms with Gasteiger partial charge in [0.15, 0.2) is 0 Å². The highest BCUT2D eigenvalue weighted by Crippen LogP contribution is 2.40. The van der Waals surface area contributed by atoms with Gasteiger partial charge in [0.1, 0.15) is 5.82 Å². The molecule has 1 aliphatic rings. The molecule has 32 heavy (non-hydrogen) atoms. The van der Waals surface area contributed by atoms with E-state index in [1.54, 1.807) is 18.2 Å². The standard InChI is InChI=1S/C26H30FN3O2/c1-3-4-5-6-7-12-17-32-25(31)23-18(2)28-26-29-21-15-10-11-16-22(21)30(26)24(23)19-13-8-9-14-20(19)27/h8-11,13-16,24H,3-7,12,17H2,1-2H3,(H,28,29). The van der Waals surface area contributed by atoms with E-state index in [4.69, 9.17) is 4.74 Å². The number of halogens is 1. The molecule has 4 rings (SSSR count). The van der Waals surface area contributed by atoms with Crippen LogP contribution in [-0.2, 0) is 9.53 Å². The lowest BCUT2D eigenvalue weighted by Gasteiger charge is -2.30. The molecule has 2 aromatic carbocycles. The summed E-state index contributed by atoms with van der Waals surface area (Å²) >= 11 is 0. The number of allylic oxidation sites excluding steroid dienone is 1. The van der Waals surface area contributed by atoms with E-state index < -0.39 is 12.0 Å². The van der Waals surface area contributed by atoms with Crippen molar-refractivity contribution in [3.8, 4) is 0 Å². The second kappa shape index (κ2) is 9.98. The molecule has 1 N–H and O–H groups in total. The molecule has 1 unspecified atom stereocenters. The van der Waals surface area contributed by atoms with Crippen molar-refractivity contribution in [1.29, 1.82) is 0 Å². The topological polar surface area (TPSA) is 56.1 Å². The van der Waals surface area contributed by atoms with Gasteiger partial charge >= 0.3 is 5.97 Å². The summed E-state index contributed by atoms with van der Waals surface area (Å²) in [7, 11) is 0. The highest BCUT2D eigenvalue weighted by molar-refractivity contribution is 5.94. The van der Waals surface area contributed by atoms with Gasteiger partial charge in [0.25, 0.3) is 0 Å². The third-order valence-corrected chi connectivity index (χ3v) is 5.98. The van der Waals surface area contributed by atoms with Gasteiger partial charge in [-0.3, -0.25) is 4.57 Å². The molecule has 1 atom stereocenters. The number of carbonyl (C=O) groups excluding carboxylic acids is 1. The molecular formula is C26H30FN3O2. The molecule has 3 aromatic rings. The summed E-state index contributed by atoms with van der Waals surface area (Å²) in [6.45, 7) is 4.37. The van der Waals surface area contributed by atoms with Gasteiger partial charge in [-0.05, 0) is 31.5 Å². The van der Waals surface area contributed by atoms with Crippen molar-refractivity contribution in [2.24, 2.45) is 0 Å². The SMILES string of the molecule is CCCCCCCCOC(=O)C1=C(C)Nc2nc3ccccc3n2C1c1ccccc1F. The number of ether oxygens (including phenoxy) is 1. The number of esters is 1. The van der Waals surface area contributed by atoms with Crippen LogP contribution >= 0.6 is 0 Å². The van der Waals surface area contributed by atoms with E-state index in [9.17, 15) is 9.18 Å². The van der Waals surface area contributed by atoms with Gasteiger partial charge < -0.3 is 10.1 Å². The van der Waals surface area contributed by atoms with Gasteiger partial charge in [-0.15, -0.1) is 0 Å². The number of hydrogen-bond donors (Lipinski definition) is 1. The van der Waals surface area contributed by atoms with E-state index in [-0.39, 0.29) is 5.82 Å². The van der Waals surface area contributed by atoms with Gasteiger partial charge in [0.05, 0.1) is 29.3 Å². The molecule has 0 spiro atoms. The molecule has 0 bridgehead atoms. The van der Waals surface area contributed by atoms with Crippen LogP contribution in [-0.4, -0.2) is 22.1 Å². The van der Waals surface area contributed by atoms with Crippen molar-refractivity contribution in [1.82, 2.24) is 9.55 Å². The summed E-state index contributed by atoms with van der Waals surface area (Å²) in [6, 6.07) is 13.6. The molecule has 2 heterocycles. The Kier molecular flexibility index (Phi) is 6.88. The van der Waals surface area contributed by atoms with Crippen LogP contribution in [0.3, 0.4) is 0 Å². The number of aromatic nitrogens is 2. The maximum absolute atomic E-state index is 15.0. The Balaban J connectivity index is 1.63. The Morgan fingerprint density at radius 3 is 2.59 bits per heavy atom. The second-order valence-electron chi connectivity index (χ2n) is 8.29. The number of nitrogens with zero attached hydrogens (tertiary/aromatic N) is 2. The minimum absolute atomic E-state index is 0.364. The highest BCUT2D eigenvalue weighted by Gasteiger charge is 2.36. The number of benzene rings is 2. The zero-order chi connectivity index (χ0) is 22.5. The molecule has 0 amide bonds. The number of imidazole rings is 1. The van der Waals surface area contributed by atoms with Crippen LogP contribution in [0.4, 0.5) is 10.3 Å². The Morgan fingerprint density at radius 1 is 1.06 bits per heavy atom.